The molecule has 3 nitrogen and oxygen atoms in total. The highest BCUT2D eigenvalue weighted by Crippen LogP contribution is 2.30. The Hall–Kier alpha value is -1.06. The van der Waals surface area contributed by atoms with Crippen LogP contribution in [-0.2, 0) is 4.79 Å². The third-order valence-corrected chi connectivity index (χ3v) is 5.38. The second kappa shape index (κ2) is 7.01. The third kappa shape index (κ3) is 3.64. The van der Waals surface area contributed by atoms with E-state index in [0.717, 1.165) is 24.7 Å². The van der Waals surface area contributed by atoms with Crippen LogP contribution in [-0.4, -0.2) is 36.5 Å². The van der Waals surface area contributed by atoms with E-state index < -0.39 is 0 Å². The summed E-state index contributed by atoms with van der Waals surface area (Å²) in [6.07, 6.45) is 4.48. The first kappa shape index (κ1) is 15.8. The molecule has 1 amide bonds. The molecule has 0 unspecified atom stereocenters. The summed E-state index contributed by atoms with van der Waals surface area (Å²) in [6, 6.07) is 8.75. The Bertz CT molecular complexity index is 534. The molecule has 2 aliphatic heterocycles. The molecule has 0 aromatic heterocycles. The van der Waals surface area contributed by atoms with Crippen LogP contribution in [0.5, 0.6) is 0 Å². The summed E-state index contributed by atoms with van der Waals surface area (Å²) in [5.41, 5.74) is 1.30. The molecule has 0 spiro atoms. The molecule has 22 heavy (non-hydrogen) atoms. The molecule has 3 rings (SSSR count). The molecule has 0 saturated carbocycles. The maximum Gasteiger partial charge on any atom is 0.220 e. The monoisotopic (exact) mass is 320 g/mol. The van der Waals surface area contributed by atoms with E-state index in [-0.39, 0.29) is 5.91 Å². The summed E-state index contributed by atoms with van der Waals surface area (Å²) in [4.78, 5) is 14.2. The van der Waals surface area contributed by atoms with Gasteiger partial charge in [-0.3, -0.25) is 9.69 Å². The number of amides is 1. The average molecular weight is 321 g/mol. The Kier molecular flexibility index (Phi) is 5.04. The van der Waals surface area contributed by atoms with Crippen molar-refractivity contribution in [1.82, 2.24) is 10.2 Å². The van der Waals surface area contributed by atoms with Crippen molar-refractivity contribution in [2.75, 3.05) is 19.6 Å². The smallest absolute Gasteiger partial charge is 0.220 e. The van der Waals surface area contributed by atoms with Crippen molar-refractivity contribution >= 4 is 17.5 Å². The number of nitrogens with zero attached hydrogens (tertiary/aromatic N) is 1. The van der Waals surface area contributed by atoms with Crippen LogP contribution in [0.25, 0.3) is 0 Å². The van der Waals surface area contributed by atoms with Crippen LogP contribution >= 0.6 is 11.6 Å². The summed E-state index contributed by atoms with van der Waals surface area (Å²) in [5, 5.41) is 3.81. The van der Waals surface area contributed by atoms with Crippen LogP contribution in [0.15, 0.2) is 24.3 Å². The van der Waals surface area contributed by atoms with Gasteiger partial charge in [-0.15, -0.1) is 0 Å². The van der Waals surface area contributed by atoms with Crippen LogP contribution in [0.4, 0.5) is 0 Å². The van der Waals surface area contributed by atoms with Gasteiger partial charge in [-0.25, -0.2) is 0 Å². The molecule has 0 aliphatic carbocycles. The zero-order valence-electron chi connectivity index (χ0n) is 13.2. The number of benzene rings is 1. The molecule has 0 radical (unpaired) electrons. The number of halogens is 1. The molecule has 2 fully saturated rings. The van der Waals surface area contributed by atoms with E-state index >= 15 is 0 Å². The van der Waals surface area contributed by atoms with E-state index in [1.54, 1.807) is 0 Å². The number of likely N-dealkylation sites (tertiary alicyclic amines) is 1. The van der Waals surface area contributed by atoms with Gasteiger partial charge in [0.15, 0.2) is 0 Å². The van der Waals surface area contributed by atoms with Gasteiger partial charge in [0.2, 0.25) is 5.91 Å². The van der Waals surface area contributed by atoms with Crippen molar-refractivity contribution in [3.05, 3.63) is 34.9 Å². The largest absolute Gasteiger partial charge is 0.356 e. The summed E-state index contributed by atoms with van der Waals surface area (Å²) in [5.74, 6) is 1.17. The minimum Gasteiger partial charge on any atom is -0.356 e. The minimum atomic E-state index is 0.221. The molecule has 2 heterocycles. The summed E-state index contributed by atoms with van der Waals surface area (Å²) >= 11 is 6.12. The Morgan fingerprint density at radius 1 is 1.41 bits per heavy atom. The molecule has 1 N–H and O–H groups in total. The molecule has 4 heteroatoms. The highest BCUT2D eigenvalue weighted by Gasteiger charge is 2.34. The van der Waals surface area contributed by atoms with Crippen LogP contribution in [0.2, 0.25) is 5.02 Å². The molecule has 1 aromatic rings. The number of carbonyl (C=O) groups excluding carboxylic acids is 1. The first-order chi connectivity index (χ1) is 10.6. The topological polar surface area (TPSA) is 32.3 Å². The number of rotatable bonds is 4. The lowest BCUT2D eigenvalue weighted by atomic mass is 9.88. The van der Waals surface area contributed by atoms with Gasteiger partial charge in [-0.05, 0) is 43.0 Å². The number of nitrogens with one attached hydrogen (secondary N) is 1. The maximum absolute atomic E-state index is 11.5. The van der Waals surface area contributed by atoms with Crippen molar-refractivity contribution in [3.63, 3.8) is 0 Å². The summed E-state index contributed by atoms with van der Waals surface area (Å²) < 4.78 is 0. The first-order valence-corrected chi connectivity index (χ1v) is 8.77. The van der Waals surface area contributed by atoms with E-state index in [4.69, 9.17) is 11.6 Å². The van der Waals surface area contributed by atoms with E-state index in [9.17, 15) is 4.79 Å². The first-order valence-electron chi connectivity index (χ1n) is 8.39. The van der Waals surface area contributed by atoms with Gasteiger partial charge < -0.3 is 5.32 Å². The number of piperidine rings is 1. The van der Waals surface area contributed by atoms with E-state index in [1.165, 1.54) is 24.8 Å². The number of carbonyl (C=O) groups is 1. The van der Waals surface area contributed by atoms with Gasteiger partial charge in [-0.2, -0.15) is 0 Å². The van der Waals surface area contributed by atoms with E-state index in [0.29, 0.717) is 24.3 Å². The minimum absolute atomic E-state index is 0.221. The Morgan fingerprint density at radius 3 is 3.00 bits per heavy atom. The van der Waals surface area contributed by atoms with E-state index in [2.05, 4.69) is 29.3 Å². The summed E-state index contributed by atoms with van der Waals surface area (Å²) in [6.45, 7) is 5.33. The molecule has 3 atom stereocenters. The lowest BCUT2D eigenvalue weighted by Crippen LogP contribution is -2.46. The average Bonchev–Trinajstić information content (AvgIpc) is 2.94. The normalized spacial score (nSPS) is 27.6. The van der Waals surface area contributed by atoms with Crippen LogP contribution in [0.3, 0.4) is 0 Å². The molecule has 0 bridgehead atoms. The summed E-state index contributed by atoms with van der Waals surface area (Å²) in [7, 11) is 0. The van der Waals surface area contributed by atoms with Crippen molar-refractivity contribution in [3.8, 4) is 0 Å². The lowest BCUT2D eigenvalue weighted by Gasteiger charge is -2.40. The number of hydrogen-bond acceptors (Lipinski definition) is 2. The van der Waals surface area contributed by atoms with Crippen molar-refractivity contribution in [2.45, 2.75) is 44.6 Å². The zero-order valence-corrected chi connectivity index (χ0v) is 14.0. The predicted octanol–water partition coefficient (Wildman–Crippen LogP) is 3.43. The fourth-order valence-corrected chi connectivity index (χ4v) is 4.15. The third-order valence-electron chi connectivity index (χ3n) is 5.14. The predicted molar refractivity (Wildman–Crippen MR) is 90.2 cm³/mol. The van der Waals surface area contributed by atoms with Crippen molar-refractivity contribution in [1.29, 1.82) is 0 Å². The van der Waals surface area contributed by atoms with Crippen LogP contribution in [0.1, 0.15) is 44.1 Å². The lowest BCUT2D eigenvalue weighted by molar-refractivity contribution is -0.119. The Labute approximate surface area is 138 Å². The van der Waals surface area contributed by atoms with Gasteiger partial charge in [-0.1, -0.05) is 37.1 Å². The molecule has 1 aromatic carbocycles. The van der Waals surface area contributed by atoms with Gasteiger partial charge in [0.25, 0.3) is 0 Å². The highest BCUT2D eigenvalue weighted by atomic mass is 35.5. The van der Waals surface area contributed by atoms with Gasteiger partial charge in [0.05, 0.1) is 0 Å². The fraction of sp³-hybridized carbons (Fsp3) is 0.611. The Morgan fingerprint density at radius 2 is 2.27 bits per heavy atom. The second-order valence-corrected chi connectivity index (χ2v) is 7.22. The number of hydrogen-bond donors (Lipinski definition) is 1. The molecule has 2 aliphatic rings. The van der Waals surface area contributed by atoms with Crippen molar-refractivity contribution < 1.29 is 4.79 Å². The SMILES string of the molecule is C[C@H](CN1CCCC[C@@H]1[C@@H]1CNC(=O)C1)c1cccc(Cl)c1. The molecular weight excluding hydrogens is 296 g/mol. The Balaban J connectivity index is 1.67. The van der Waals surface area contributed by atoms with Crippen LogP contribution in [0, 0.1) is 5.92 Å². The zero-order chi connectivity index (χ0) is 15.5. The van der Waals surface area contributed by atoms with Gasteiger partial charge >= 0.3 is 0 Å². The highest BCUT2D eigenvalue weighted by molar-refractivity contribution is 6.30. The molecule has 2 saturated heterocycles. The van der Waals surface area contributed by atoms with E-state index in [1.807, 2.05) is 12.1 Å². The van der Waals surface area contributed by atoms with Crippen molar-refractivity contribution in [2.24, 2.45) is 5.92 Å². The molecular formula is C18H25ClN2O. The van der Waals surface area contributed by atoms with Gasteiger partial charge in [0.1, 0.15) is 0 Å². The quantitative estimate of drug-likeness (QED) is 0.921. The molecule has 120 valence electrons. The standard InChI is InChI=1S/C18H25ClN2O/c1-13(14-5-4-6-16(19)9-14)12-21-8-3-2-7-17(21)15-10-18(22)20-11-15/h4-6,9,13,15,17H,2-3,7-8,10-12H2,1H3,(H,20,22)/t13-,15+,17-/m1/s1. The fourth-order valence-electron chi connectivity index (χ4n) is 3.95. The van der Waals surface area contributed by atoms with Crippen LogP contribution < -0.4 is 5.32 Å². The second-order valence-electron chi connectivity index (χ2n) is 6.78. The maximum atomic E-state index is 11.5. The van der Waals surface area contributed by atoms with Gasteiger partial charge in [0, 0.05) is 36.5 Å².